The van der Waals surface area contributed by atoms with Gasteiger partial charge in [0.2, 0.25) is 0 Å². The average Bonchev–Trinajstić information content (AvgIpc) is 2.80. The number of halogens is 1. The monoisotopic (exact) mass is 330 g/mol. The minimum Gasteiger partial charge on any atom is -0.260 e. The molecule has 0 saturated carbocycles. The lowest BCUT2D eigenvalue weighted by Crippen LogP contribution is -2.01. The molecule has 0 atom stereocenters. The van der Waals surface area contributed by atoms with Crippen molar-refractivity contribution in [2.24, 2.45) is 5.10 Å². The van der Waals surface area contributed by atoms with Crippen molar-refractivity contribution >= 4 is 44.7 Å². The fourth-order valence-electron chi connectivity index (χ4n) is 2.18. The lowest BCUT2D eigenvalue weighted by molar-refractivity contribution is 1.18. The molecule has 3 aromatic rings. The first kappa shape index (κ1) is 14.9. The third-order valence-corrected chi connectivity index (χ3v) is 4.89. The summed E-state index contributed by atoms with van der Waals surface area (Å²) in [5, 5.41) is 6.16. The maximum Gasteiger partial charge on any atom is 0.158 e. The summed E-state index contributed by atoms with van der Waals surface area (Å²) in [4.78, 5) is 10.9. The molecule has 6 heteroatoms. The minimum atomic E-state index is 0.695. The van der Waals surface area contributed by atoms with Gasteiger partial charge in [-0.25, -0.2) is 9.97 Å². The van der Waals surface area contributed by atoms with Gasteiger partial charge >= 0.3 is 0 Å². The highest BCUT2D eigenvalue weighted by molar-refractivity contribution is 7.18. The lowest BCUT2D eigenvalue weighted by Gasteiger charge is -2.05. The van der Waals surface area contributed by atoms with E-state index in [1.165, 1.54) is 10.4 Å². The van der Waals surface area contributed by atoms with Crippen molar-refractivity contribution in [1.29, 1.82) is 0 Å². The number of rotatable bonds is 3. The van der Waals surface area contributed by atoms with Crippen molar-refractivity contribution in [2.45, 2.75) is 20.8 Å². The first-order chi connectivity index (χ1) is 10.6. The van der Waals surface area contributed by atoms with Gasteiger partial charge in [0.05, 0.1) is 11.1 Å². The number of thiophene rings is 1. The molecule has 0 fully saturated rings. The van der Waals surface area contributed by atoms with Gasteiger partial charge in [-0.2, -0.15) is 5.10 Å². The van der Waals surface area contributed by atoms with Crippen molar-refractivity contribution in [1.82, 2.24) is 9.97 Å². The summed E-state index contributed by atoms with van der Waals surface area (Å²) in [6, 6.07) is 7.61. The average molecular weight is 331 g/mol. The van der Waals surface area contributed by atoms with Crippen LogP contribution < -0.4 is 5.43 Å². The molecule has 0 unspecified atom stereocenters. The summed E-state index contributed by atoms with van der Waals surface area (Å²) < 4.78 is 0. The number of hydrogen-bond acceptors (Lipinski definition) is 5. The number of fused-ring (bicyclic) bond motifs is 1. The Bertz CT molecular complexity index is 870. The molecule has 22 heavy (non-hydrogen) atoms. The molecule has 0 amide bonds. The molecule has 112 valence electrons. The van der Waals surface area contributed by atoms with Crippen LogP contribution in [0.3, 0.4) is 0 Å². The van der Waals surface area contributed by atoms with E-state index in [9.17, 15) is 0 Å². The van der Waals surface area contributed by atoms with Crippen LogP contribution in [0.25, 0.3) is 10.2 Å². The Labute approximate surface area is 137 Å². The van der Waals surface area contributed by atoms with Crippen molar-refractivity contribution < 1.29 is 0 Å². The van der Waals surface area contributed by atoms with Crippen LogP contribution in [0.4, 0.5) is 5.82 Å². The van der Waals surface area contributed by atoms with Crippen molar-refractivity contribution in [2.75, 3.05) is 5.43 Å². The Morgan fingerprint density at radius 3 is 2.86 bits per heavy atom. The van der Waals surface area contributed by atoms with E-state index in [0.717, 1.165) is 27.3 Å². The molecule has 1 N–H and O–H groups in total. The molecule has 1 aromatic carbocycles. The van der Waals surface area contributed by atoms with Gasteiger partial charge in [0.15, 0.2) is 5.82 Å². The summed E-state index contributed by atoms with van der Waals surface area (Å²) in [5.41, 5.74) is 6.07. The number of hydrazone groups is 1. The van der Waals surface area contributed by atoms with E-state index in [-0.39, 0.29) is 0 Å². The standard InChI is InChI=1S/C16H15ClN4S/c1-9-11(3)22-16-14(9)15(18-8-19-16)21-20-10(2)12-5-4-6-13(17)7-12/h4-8H,1-3H3,(H,18,19,21)/b20-10+. The predicted octanol–water partition coefficient (Wildman–Crippen LogP) is 4.80. The minimum absolute atomic E-state index is 0.695. The van der Waals surface area contributed by atoms with E-state index in [1.54, 1.807) is 17.7 Å². The van der Waals surface area contributed by atoms with Crippen molar-refractivity contribution in [3.8, 4) is 0 Å². The number of aromatic nitrogens is 2. The third kappa shape index (κ3) is 2.82. The van der Waals surface area contributed by atoms with Gasteiger partial charge in [0, 0.05) is 9.90 Å². The molecule has 0 aliphatic heterocycles. The molecule has 0 saturated heterocycles. The molecule has 0 aliphatic carbocycles. The lowest BCUT2D eigenvalue weighted by atomic mass is 10.1. The Kier molecular flexibility index (Phi) is 4.09. The van der Waals surface area contributed by atoms with Gasteiger partial charge in [-0.1, -0.05) is 23.7 Å². The topological polar surface area (TPSA) is 50.2 Å². The first-order valence-electron chi connectivity index (χ1n) is 6.83. The smallest absolute Gasteiger partial charge is 0.158 e. The van der Waals surface area contributed by atoms with Gasteiger partial charge in [-0.3, -0.25) is 5.43 Å². The van der Waals surface area contributed by atoms with Crippen LogP contribution in [0.2, 0.25) is 5.02 Å². The zero-order valence-corrected chi connectivity index (χ0v) is 14.1. The Morgan fingerprint density at radius 1 is 1.27 bits per heavy atom. The number of anilines is 1. The molecule has 0 radical (unpaired) electrons. The third-order valence-electron chi connectivity index (χ3n) is 3.54. The maximum absolute atomic E-state index is 6.01. The Hall–Kier alpha value is -1.98. The Morgan fingerprint density at radius 2 is 2.09 bits per heavy atom. The molecule has 2 aromatic heterocycles. The zero-order chi connectivity index (χ0) is 15.7. The zero-order valence-electron chi connectivity index (χ0n) is 12.5. The molecule has 0 spiro atoms. The van der Waals surface area contributed by atoms with Crippen LogP contribution in [0.5, 0.6) is 0 Å². The normalized spacial score (nSPS) is 11.9. The fourth-order valence-corrected chi connectivity index (χ4v) is 3.37. The summed E-state index contributed by atoms with van der Waals surface area (Å²) in [6.07, 6.45) is 1.56. The van der Waals surface area contributed by atoms with E-state index in [1.807, 2.05) is 31.2 Å². The second kappa shape index (κ2) is 6.02. The van der Waals surface area contributed by atoms with Gasteiger partial charge in [-0.05, 0) is 44.0 Å². The number of nitrogens with one attached hydrogen (secondary N) is 1. The molecular weight excluding hydrogens is 316 g/mol. The van der Waals surface area contributed by atoms with E-state index < -0.39 is 0 Å². The molecule has 0 aliphatic rings. The summed E-state index contributed by atoms with van der Waals surface area (Å²) in [6.45, 7) is 6.10. The molecule has 2 heterocycles. The van der Waals surface area contributed by atoms with Gasteiger partial charge in [0.1, 0.15) is 11.2 Å². The molecule has 4 nitrogen and oxygen atoms in total. The van der Waals surface area contributed by atoms with E-state index >= 15 is 0 Å². The molecule has 0 bridgehead atoms. The van der Waals surface area contributed by atoms with E-state index in [0.29, 0.717) is 5.02 Å². The van der Waals surface area contributed by atoms with Crippen molar-refractivity contribution in [3.05, 3.63) is 51.6 Å². The number of benzene rings is 1. The summed E-state index contributed by atoms with van der Waals surface area (Å²) >= 11 is 7.68. The van der Waals surface area contributed by atoms with Crippen LogP contribution in [0.15, 0.2) is 35.7 Å². The maximum atomic E-state index is 6.01. The Balaban J connectivity index is 1.95. The summed E-state index contributed by atoms with van der Waals surface area (Å²) in [5.74, 6) is 0.730. The van der Waals surface area contributed by atoms with Crippen molar-refractivity contribution in [3.63, 3.8) is 0 Å². The van der Waals surface area contributed by atoms with Crippen LogP contribution in [0, 0.1) is 13.8 Å². The predicted molar refractivity (Wildman–Crippen MR) is 94.2 cm³/mol. The van der Waals surface area contributed by atoms with Crippen LogP contribution >= 0.6 is 22.9 Å². The van der Waals surface area contributed by atoms with Gasteiger partial charge in [0.25, 0.3) is 0 Å². The number of nitrogens with zero attached hydrogens (tertiary/aromatic N) is 3. The highest BCUT2D eigenvalue weighted by Crippen LogP contribution is 2.32. The fraction of sp³-hybridized carbons (Fsp3) is 0.188. The number of hydrogen-bond donors (Lipinski definition) is 1. The van der Waals surface area contributed by atoms with Crippen LogP contribution in [-0.4, -0.2) is 15.7 Å². The molecule has 3 rings (SSSR count). The van der Waals surface area contributed by atoms with E-state index in [2.05, 4.69) is 34.3 Å². The van der Waals surface area contributed by atoms with Crippen LogP contribution in [0.1, 0.15) is 22.9 Å². The van der Waals surface area contributed by atoms with Crippen LogP contribution in [-0.2, 0) is 0 Å². The molecular formula is C16H15ClN4S. The first-order valence-corrected chi connectivity index (χ1v) is 8.02. The van der Waals surface area contributed by atoms with Gasteiger partial charge in [-0.15, -0.1) is 11.3 Å². The highest BCUT2D eigenvalue weighted by Gasteiger charge is 2.11. The van der Waals surface area contributed by atoms with E-state index in [4.69, 9.17) is 11.6 Å². The van der Waals surface area contributed by atoms with Gasteiger partial charge < -0.3 is 0 Å². The number of aryl methyl sites for hydroxylation is 2. The summed E-state index contributed by atoms with van der Waals surface area (Å²) in [7, 11) is 0. The second-order valence-electron chi connectivity index (χ2n) is 5.01. The second-order valence-corrected chi connectivity index (χ2v) is 6.64. The largest absolute Gasteiger partial charge is 0.260 e. The SMILES string of the molecule is C/C(=N\Nc1ncnc2sc(C)c(C)c12)c1cccc(Cl)c1. The quantitative estimate of drug-likeness (QED) is 0.554. The highest BCUT2D eigenvalue weighted by atomic mass is 35.5.